The number of hydrogen-bond donors (Lipinski definition) is 1. The van der Waals surface area contributed by atoms with Crippen LogP contribution in [0.1, 0.15) is 17.5 Å². The third kappa shape index (κ3) is 1.81. The summed E-state index contributed by atoms with van der Waals surface area (Å²) >= 11 is 0. The van der Waals surface area contributed by atoms with E-state index in [-0.39, 0.29) is 5.75 Å². The lowest BCUT2D eigenvalue weighted by Gasteiger charge is -2.08. The van der Waals surface area contributed by atoms with Crippen molar-refractivity contribution in [3.63, 3.8) is 0 Å². The minimum Gasteiger partial charge on any atom is -0.490 e. The minimum absolute atomic E-state index is 0.225. The fourth-order valence-electron chi connectivity index (χ4n) is 1.91. The van der Waals surface area contributed by atoms with Gasteiger partial charge in [-0.3, -0.25) is 0 Å². The Labute approximate surface area is 87.0 Å². The maximum Gasteiger partial charge on any atom is 0.168 e. The van der Waals surface area contributed by atoms with Crippen LogP contribution in [0.2, 0.25) is 0 Å². The average molecular weight is 213 g/mol. The Bertz CT molecular complexity index is 379. The van der Waals surface area contributed by atoms with Crippen LogP contribution < -0.4 is 10.5 Å². The van der Waals surface area contributed by atoms with E-state index in [1.165, 1.54) is 0 Å². The van der Waals surface area contributed by atoms with Gasteiger partial charge in [0.1, 0.15) is 5.82 Å². The standard InChI is InChI=1S/C11H13F2NO/c12-9-6-10(13)11-8(3-5-15-11)7(9)2-1-4-14/h6H,1-5,14H2. The summed E-state index contributed by atoms with van der Waals surface area (Å²) in [5.74, 6) is -0.856. The molecule has 0 saturated carbocycles. The lowest BCUT2D eigenvalue weighted by atomic mass is 10.00. The highest BCUT2D eigenvalue weighted by Crippen LogP contribution is 2.33. The number of fused-ring (bicyclic) bond motifs is 1. The molecule has 0 unspecified atom stereocenters. The van der Waals surface area contributed by atoms with Gasteiger partial charge < -0.3 is 10.5 Å². The molecule has 0 spiro atoms. The average Bonchev–Trinajstić information content (AvgIpc) is 2.66. The highest BCUT2D eigenvalue weighted by molar-refractivity contribution is 5.44. The number of ether oxygens (including phenoxy) is 1. The Morgan fingerprint density at radius 1 is 1.33 bits per heavy atom. The van der Waals surface area contributed by atoms with Crippen LogP contribution in [0.4, 0.5) is 8.78 Å². The topological polar surface area (TPSA) is 35.2 Å². The lowest BCUT2D eigenvalue weighted by Crippen LogP contribution is -2.04. The Morgan fingerprint density at radius 2 is 2.13 bits per heavy atom. The van der Waals surface area contributed by atoms with E-state index in [4.69, 9.17) is 10.5 Å². The van der Waals surface area contributed by atoms with E-state index in [1.54, 1.807) is 0 Å². The molecule has 0 aliphatic carbocycles. The van der Waals surface area contributed by atoms with E-state index in [2.05, 4.69) is 0 Å². The van der Waals surface area contributed by atoms with Gasteiger partial charge in [0.25, 0.3) is 0 Å². The van der Waals surface area contributed by atoms with E-state index in [0.717, 1.165) is 6.07 Å². The summed E-state index contributed by atoms with van der Waals surface area (Å²) in [6.07, 6.45) is 1.84. The van der Waals surface area contributed by atoms with Gasteiger partial charge in [0, 0.05) is 18.1 Å². The van der Waals surface area contributed by atoms with Gasteiger partial charge in [-0.05, 0) is 24.9 Å². The first-order valence-electron chi connectivity index (χ1n) is 5.06. The molecule has 0 saturated heterocycles. The largest absolute Gasteiger partial charge is 0.490 e. The molecule has 1 aliphatic rings. The van der Waals surface area contributed by atoms with Crippen LogP contribution in [-0.4, -0.2) is 13.2 Å². The van der Waals surface area contributed by atoms with Crippen molar-refractivity contribution < 1.29 is 13.5 Å². The molecule has 2 rings (SSSR count). The van der Waals surface area contributed by atoms with Crippen LogP contribution in [0.5, 0.6) is 5.75 Å². The van der Waals surface area contributed by atoms with Crippen LogP contribution >= 0.6 is 0 Å². The second-order valence-corrected chi connectivity index (χ2v) is 3.62. The first-order chi connectivity index (χ1) is 7.24. The third-order valence-electron chi connectivity index (χ3n) is 2.63. The maximum atomic E-state index is 13.5. The number of rotatable bonds is 3. The maximum absolute atomic E-state index is 13.5. The van der Waals surface area contributed by atoms with Gasteiger partial charge in [-0.2, -0.15) is 0 Å². The smallest absolute Gasteiger partial charge is 0.168 e. The normalized spacial score (nSPS) is 13.8. The van der Waals surface area contributed by atoms with Gasteiger partial charge in [-0.25, -0.2) is 8.78 Å². The molecular weight excluding hydrogens is 200 g/mol. The van der Waals surface area contributed by atoms with Crippen molar-refractivity contribution in [2.75, 3.05) is 13.2 Å². The molecule has 0 atom stereocenters. The van der Waals surface area contributed by atoms with Gasteiger partial charge in [-0.15, -0.1) is 0 Å². The Morgan fingerprint density at radius 3 is 2.87 bits per heavy atom. The van der Waals surface area contributed by atoms with Crippen molar-refractivity contribution in [3.8, 4) is 5.75 Å². The van der Waals surface area contributed by atoms with Crippen LogP contribution in [0.25, 0.3) is 0 Å². The summed E-state index contributed by atoms with van der Waals surface area (Å²) in [6, 6.07) is 0.899. The first-order valence-corrected chi connectivity index (χ1v) is 5.06. The quantitative estimate of drug-likeness (QED) is 0.830. The molecule has 1 aliphatic heterocycles. The van der Waals surface area contributed by atoms with E-state index >= 15 is 0 Å². The second-order valence-electron chi connectivity index (χ2n) is 3.62. The molecular formula is C11H13F2NO. The molecule has 0 fully saturated rings. The molecule has 2 N–H and O–H groups in total. The highest BCUT2D eigenvalue weighted by Gasteiger charge is 2.23. The van der Waals surface area contributed by atoms with Gasteiger partial charge in [0.05, 0.1) is 6.61 Å². The van der Waals surface area contributed by atoms with Crippen molar-refractivity contribution in [2.24, 2.45) is 5.73 Å². The Kier molecular flexibility index (Phi) is 2.86. The highest BCUT2D eigenvalue weighted by atomic mass is 19.1. The predicted molar refractivity (Wildman–Crippen MR) is 52.9 cm³/mol. The monoisotopic (exact) mass is 213 g/mol. The van der Waals surface area contributed by atoms with Gasteiger partial charge in [0.2, 0.25) is 0 Å². The van der Waals surface area contributed by atoms with Crippen molar-refractivity contribution >= 4 is 0 Å². The summed E-state index contributed by atoms with van der Waals surface area (Å²) in [5.41, 5.74) is 6.62. The number of benzene rings is 1. The summed E-state index contributed by atoms with van der Waals surface area (Å²) < 4.78 is 31.9. The van der Waals surface area contributed by atoms with Gasteiger partial charge in [-0.1, -0.05) is 0 Å². The van der Waals surface area contributed by atoms with Crippen LogP contribution in [0, 0.1) is 11.6 Å². The van der Waals surface area contributed by atoms with Crippen LogP contribution in [0.3, 0.4) is 0 Å². The zero-order chi connectivity index (χ0) is 10.8. The predicted octanol–water partition coefficient (Wildman–Crippen LogP) is 1.79. The zero-order valence-electron chi connectivity index (χ0n) is 8.35. The SMILES string of the molecule is NCCCc1c(F)cc(F)c2c1CCO2. The molecule has 0 amide bonds. The van der Waals surface area contributed by atoms with Crippen molar-refractivity contribution in [3.05, 3.63) is 28.8 Å². The molecule has 0 bridgehead atoms. The summed E-state index contributed by atoms with van der Waals surface area (Å²) in [4.78, 5) is 0. The van der Waals surface area contributed by atoms with E-state index in [0.29, 0.717) is 43.5 Å². The second kappa shape index (κ2) is 4.14. The molecule has 1 heterocycles. The number of nitrogens with two attached hydrogens (primary N) is 1. The summed E-state index contributed by atoms with van der Waals surface area (Å²) in [7, 11) is 0. The van der Waals surface area contributed by atoms with Gasteiger partial charge in [0.15, 0.2) is 11.6 Å². The minimum atomic E-state index is -0.600. The molecule has 0 aromatic heterocycles. The molecule has 4 heteroatoms. The van der Waals surface area contributed by atoms with Crippen LogP contribution in [0.15, 0.2) is 6.07 Å². The molecule has 2 nitrogen and oxygen atoms in total. The Balaban J connectivity index is 2.40. The fourth-order valence-corrected chi connectivity index (χ4v) is 1.91. The fraction of sp³-hybridized carbons (Fsp3) is 0.455. The number of halogens is 2. The summed E-state index contributed by atoms with van der Waals surface area (Å²) in [6.45, 7) is 0.942. The van der Waals surface area contributed by atoms with Crippen molar-refractivity contribution in [2.45, 2.75) is 19.3 Å². The van der Waals surface area contributed by atoms with Crippen molar-refractivity contribution in [1.82, 2.24) is 0 Å². The molecule has 1 aromatic rings. The third-order valence-corrected chi connectivity index (χ3v) is 2.63. The Hall–Kier alpha value is -1.16. The first kappa shape index (κ1) is 10.4. The molecule has 1 aromatic carbocycles. The van der Waals surface area contributed by atoms with Gasteiger partial charge >= 0.3 is 0 Å². The van der Waals surface area contributed by atoms with E-state index in [9.17, 15) is 8.78 Å². The van der Waals surface area contributed by atoms with E-state index < -0.39 is 11.6 Å². The molecule has 15 heavy (non-hydrogen) atoms. The van der Waals surface area contributed by atoms with E-state index in [1.807, 2.05) is 0 Å². The molecule has 82 valence electrons. The molecule has 0 radical (unpaired) electrons. The zero-order valence-corrected chi connectivity index (χ0v) is 8.35. The number of hydrogen-bond acceptors (Lipinski definition) is 2. The lowest BCUT2D eigenvalue weighted by molar-refractivity contribution is 0.338. The van der Waals surface area contributed by atoms with Crippen molar-refractivity contribution in [1.29, 1.82) is 0 Å². The summed E-state index contributed by atoms with van der Waals surface area (Å²) in [5, 5.41) is 0. The van der Waals surface area contributed by atoms with Crippen LogP contribution in [-0.2, 0) is 12.8 Å².